The molecule has 190 valence electrons. The zero-order valence-electron chi connectivity index (χ0n) is 21.5. The Hall–Kier alpha value is -4.26. The molecule has 1 aliphatic heterocycles. The van der Waals surface area contributed by atoms with Gasteiger partial charge in [0.05, 0.1) is 18.1 Å². The SMILES string of the molecule is COc1c(O)cc2oc3cc4c(c(OCc5ccncc5)c3c(=O)c2c1CC=C(C)C)C=CC(C)(C)O4. The molecule has 1 aliphatic rings. The molecular formula is C30H29NO6. The van der Waals surface area contributed by atoms with Crippen molar-refractivity contribution in [3.63, 3.8) is 0 Å². The maximum atomic E-state index is 14.2. The Bertz CT molecular complexity index is 1630. The molecule has 37 heavy (non-hydrogen) atoms. The molecular weight excluding hydrogens is 470 g/mol. The Kier molecular flexibility index (Phi) is 6.15. The van der Waals surface area contributed by atoms with E-state index in [1.165, 1.54) is 13.2 Å². The van der Waals surface area contributed by atoms with Gasteiger partial charge in [0.2, 0.25) is 5.43 Å². The molecule has 2 aromatic carbocycles. The van der Waals surface area contributed by atoms with Crippen molar-refractivity contribution in [2.45, 2.75) is 46.3 Å². The van der Waals surface area contributed by atoms with Crippen molar-refractivity contribution >= 4 is 28.0 Å². The standard InChI is InChI=1S/C30H29NO6/c1-17(2)6-7-20-25-23(14-21(32)28(20)34-5)36-24-15-22-19(8-11-30(3,4)37-22)29(26(24)27(25)33)35-16-18-9-12-31-13-10-18/h6,8-15,32H,7,16H2,1-5H3. The van der Waals surface area contributed by atoms with Crippen LogP contribution < -0.4 is 19.6 Å². The average molecular weight is 500 g/mol. The second-order valence-electron chi connectivity index (χ2n) is 9.87. The van der Waals surface area contributed by atoms with Crippen molar-refractivity contribution < 1.29 is 23.7 Å². The summed E-state index contributed by atoms with van der Waals surface area (Å²) in [6.45, 7) is 8.07. The van der Waals surface area contributed by atoms with Crippen LogP contribution in [-0.2, 0) is 13.0 Å². The van der Waals surface area contributed by atoms with E-state index in [-0.39, 0.29) is 29.1 Å². The van der Waals surface area contributed by atoms with Crippen LogP contribution >= 0.6 is 0 Å². The molecule has 1 N–H and O–H groups in total. The fourth-order valence-corrected chi connectivity index (χ4v) is 4.53. The maximum Gasteiger partial charge on any atom is 0.204 e. The molecule has 0 aliphatic carbocycles. The maximum absolute atomic E-state index is 14.2. The van der Waals surface area contributed by atoms with E-state index in [0.29, 0.717) is 45.4 Å². The third kappa shape index (κ3) is 4.53. The van der Waals surface area contributed by atoms with Gasteiger partial charge < -0.3 is 23.7 Å². The topological polar surface area (TPSA) is 91.0 Å². The summed E-state index contributed by atoms with van der Waals surface area (Å²) in [4.78, 5) is 18.3. The number of pyridine rings is 1. The van der Waals surface area contributed by atoms with Gasteiger partial charge in [0, 0.05) is 30.1 Å². The van der Waals surface area contributed by atoms with Crippen molar-refractivity contribution in [3.8, 4) is 23.0 Å². The summed E-state index contributed by atoms with van der Waals surface area (Å²) >= 11 is 0. The highest BCUT2D eigenvalue weighted by molar-refractivity contribution is 5.99. The van der Waals surface area contributed by atoms with Crippen LogP contribution in [0.1, 0.15) is 44.4 Å². The van der Waals surface area contributed by atoms with Gasteiger partial charge in [0.15, 0.2) is 11.5 Å². The van der Waals surface area contributed by atoms with Crippen LogP contribution in [-0.4, -0.2) is 22.8 Å². The van der Waals surface area contributed by atoms with Crippen LogP contribution in [0.4, 0.5) is 0 Å². The third-order valence-electron chi connectivity index (χ3n) is 6.32. The van der Waals surface area contributed by atoms with Gasteiger partial charge in [-0.1, -0.05) is 11.6 Å². The van der Waals surface area contributed by atoms with Crippen LogP contribution in [0.25, 0.3) is 28.0 Å². The number of aromatic hydroxyl groups is 1. The third-order valence-corrected chi connectivity index (χ3v) is 6.32. The zero-order chi connectivity index (χ0) is 26.3. The Morgan fingerprint density at radius 3 is 2.54 bits per heavy atom. The van der Waals surface area contributed by atoms with Crippen molar-refractivity contribution in [1.82, 2.24) is 4.98 Å². The number of hydrogen-bond acceptors (Lipinski definition) is 7. The Morgan fingerprint density at radius 1 is 1.11 bits per heavy atom. The molecule has 0 spiro atoms. The number of phenols is 1. The van der Waals surface area contributed by atoms with Gasteiger partial charge in [0.25, 0.3) is 0 Å². The number of hydrogen-bond donors (Lipinski definition) is 1. The fourth-order valence-electron chi connectivity index (χ4n) is 4.53. The van der Waals surface area contributed by atoms with Gasteiger partial charge in [-0.2, -0.15) is 0 Å². The first-order valence-electron chi connectivity index (χ1n) is 12.1. The van der Waals surface area contributed by atoms with E-state index in [0.717, 1.165) is 11.1 Å². The summed E-state index contributed by atoms with van der Waals surface area (Å²) in [5.41, 5.74) is 2.97. The van der Waals surface area contributed by atoms with Crippen molar-refractivity contribution in [1.29, 1.82) is 0 Å². The highest BCUT2D eigenvalue weighted by Gasteiger charge is 2.29. The van der Waals surface area contributed by atoms with Crippen LogP contribution in [0.3, 0.4) is 0 Å². The molecule has 5 rings (SSSR count). The molecule has 2 aromatic heterocycles. The molecule has 0 unspecified atom stereocenters. The average Bonchev–Trinajstić information content (AvgIpc) is 2.84. The number of ether oxygens (including phenoxy) is 3. The first kappa shape index (κ1) is 24.4. The smallest absolute Gasteiger partial charge is 0.204 e. The highest BCUT2D eigenvalue weighted by Crippen LogP contribution is 2.44. The van der Waals surface area contributed by atoms with Gasteiger partial charge in [-0.3, -0.25) is 9.78 Å². The van der Waals surface area contributed by atoms with E-state index in [9.17, 15) is 9.90 Å². The lowest BCUT2D eigenvalue weighted by atomic mass is 9.97. The monoisotopic (exact) mass is 499 g/mol. The quantitative estimate of drug-likeness (QED) is 0.245. The summed E-state index contributed by atoms with van der Waals surface area (Å²) in [7, 11) is 1.47. The number of phenolic OH excluding ortho intramolecular Hbond substituents is 1. The summed E-state index contributed by atoms with van der Waals surface area (Å²) in [6.07, 6.45) is 9.61. The zero-order valence-corrected chi connectivity index (χ0v) is 21.5. The summed E-state index contributed by atoms with van der Waals surface area (Å²) in [5, 5.41) is 11.3. The molecule has 3 heterocycles. The lowest BCUT2D eigenvalue weighted by molar-refractivity contribution is 0.158. The van der Waals surface area contributed by atoms with Crippen molar-refractivity contribution in [2.24, 2.45) is 0 Å². The van der Waals surface area contributed by atoms with Crippen LogP contribution in [0.5, 0.6) is 23.0 Å². The van der Waals surface area contributed by atoms with Gasteiger partial charge in [0.1, 0.15) is 40.3 Å². The second-order valence-corrected chi connectivity index (χ2v) is 9.87. The largest absolute Gasteiger partial charge is 0.504 e. The van der Waals surface area contributed by atoms with Crippen LogP contribution in [0.2, 0.25) is 0 Å². The molecule has 0 bridgehead atoms. The summed E-state index contributed by atoms with van der Waals surface area (Å²) in [6, 6.07) is 6.85. The minimum absolute atomic E-state index is 0.0953. The van der Waals surface area contributed by atoms with E-state index >= 15 is 0 Å². The van der Waals surface area contributed by atoms with Crippen LogP contribution in [0.15, 0.2) is 63.6 Å². The molecule has 0 saturated carbocycles. The van der Waals surface area contributed by atoms with Gasteiger partial charge in [-0.25, -0.2) is 0 Å². The Morgan fingerprint density at radius 2 is 1.84 bits per heavy atom. The number of nitrogens with zero attached hydrogens (tertiary/aromatic N) is 1. The molecule has 0 amide bonds. The number of methoxy groups -OCH3 is 1. The van der Waals surface area contributed by atoms with Gasteiger partial charge in [-0.05, 0) is 64.0 Å². The predicted molar refractivity (Wildman–Crippen MR) is 144 cm³/mol. The summed E-state index contributed by atoms with van der Waals surface area (Å²) in [5.74, 6) is 1.09. The Labute approximate surface area is 214 Å². The first-order chi connectivity index (χ1) is 17.7. The van der Waals surface area contributed by atoms with Crippen molar-refractivity contribution in [2.75, 3.05) is 7.11 Å². The molecule has 0 radical (unpaired) electrons. The van der Waals surface area contributed by atoms with E-state index in [1.807, 2.05) is 58.1 Å². The van der Waals surface area contributed by atoms with Crippen LogP contribution in [0, 0.1) is 0 Å². The first-order valence-corrected chi connectivity index (χ1v) is 12.1. The molecule has 7 nitrogen and oxygen atoms in total. The van der Waals surface area contributed by atoms with E-state index < -0.39 is 5.60 Å². The molecule has 0 saturated heterocycles. The lowest BCUT2D eigenvalue weighted by Gasteiger charge is -2.29. The van der Waals surface area contributed by atoms with Gasteiger partial charge in [-0.15, -0.1) is 0 Å². The molecule has 0 fully saturated rings. The number of allylic oxidation sites excluding steroid dienone is 2. The number of aromatic nitrogens is 1. The lowest BCUT2D eigenvalue weighted by Crippen LogP contribution is -2.27. The van der Waals surface area contributed by atoms with Gasteiger partial charge >= 0.3 is 0 Å². The second kappa shape index (κ2) is 9.32. The van der Waals surface area contributed by atoms with E-state index in [4.69, 9.17) is 18.6 Å². The minimum Gasteiger partial charge on any atom is -0.504 e. The molecule has 4 aromatic rings. The minimum atomic E-state index is -0.538. The normalized spacial score (nSPS) is 13.8. The fraction of sp³-hybridized carbons (Fsp3) is 0.267. The molecule has 7 heteroatoms. The van der Waals surface area contributed by atoms with E-state index in [2.05, 4.69) is 4.98 Å². The molecule has 0 atom stereocenters. The number of benzene rings is 2. The van der Waals surface area contributed by atoms with E-state index in [1.54, 1.807) is 18.5 Å². The van der Waals surface area contributed by atoms with Crippen molar-refractivity contribution in [3.05, 3.63) is 81.3 Å². The highest BCUT2D eigenvalue weighted by atomic mass is 16.5. The number of fused-ring (bicyclic) bond motifs is 3. The predicted octanol–water partition coefficient (Wildman–Crippen LogP) is 6.33. The Balaban J connectivity index is 1.83. The number of rotatable bonds is 6. The summed E-state index contributed by atoms with van der Waals surface area (Å²) < 4.78 is 24.3.